The standard InChI is InChI=1S/C29H36O8/c1-16-15-29-18(14-20(16)25(32)33)9-6-4-3-5-8-17-12-13-19-21(10-7-11-22(19)30)28(17,2)27(35)36-23(24(29)31)26(34)37-29/h6,9,12-14,16-19,21-22,30-31H,3-5,7-8,10-11,15H2,1-2H3,(H,32,33)/b9-6+/t16-,17-,18-,19+,21-,22+,28+,29+/m1/s1. The number of carboxylic acids is 1. The Balaban J connectivity index is 1.58. The van der Waals surface area contributed by atoms with Gasteiger partial charge >= 0.3 is 17.9 Å². The molecule has 2 bridgehead atoms. The van der Waals surface area contributed by atoms with Crippen LogP contribution in [0, 0.1) is 35.0 Å². The van der Waals surface area contributed by atoms with E-state index in [1.54, 1.807) is 13.0 Å². The zero-order valence-electron chi connectivity index (χ0n) is 21.4. The molecule has 1 fully saturated rings. The van der Waals surface area contributed by atoms with Crippen LogP contribution >= 0.6 is 0 Å². The second-order valence-electron chi connectivity index (χ2n) is 11.6. The molecule has 0 unspecified atom stereocenters. The molecule has 1 spiro atoms. The van der Waals surface area contributed by atoms with Crippen molar-refractivity contribution in [3.05, 3.63) is 47.5 Å². The van der Waals surface area contributed by atoms with Gasteiger partial charge in [0.1, 0.15) is 0 Å². The quantitative estimate of drug-likeness (QED) is 0.349. The summed E-state index contributed by atoms with van der Waals surface area (Å²) in [6.07, 6.45) is 14.3. The van der Waals surface area contributed by atoms with Gasteiger partial charge in [-0.15, -0.1) is 0 Å². The smallest absolute Gasteiger partial charge is 0.379 e. The van der Waals surface area contributed by atoms with Crippen molar-refractivity contribution in [1.82, 2.24) is 0 Å². The van der Waals surface area contributed by atoms with Gasteiger partial charge in [-0.05, 0) is 56.8 Å². The van der Waals surface area contributed by atoms with Gasteiger partial charge in [0.15, 0.2) is 11.4 Å². The molecule has 2 heterocycles. The molecule has 0 radical (unpaired) electrons. The van der Waals surface area contributed by atoms with Gasteiger partial charge in [0.05, 0.1) is 11.5 Å². The second-order valence-corrected chi connectivity index (χ2v) is 11.6. The Hall–Kier alpha value is -2.87. The summed E-state index contributed by atoms with van der Waals surface area (Å²) in [6.45, 7) is 3.58. The molecule has 5 aliphatic rings. The monoisotopic (exact) mass is 512 g/mol. The number of carboxylic acid groups (broad SMARTS) is 1. The first kappa shape index (κ1) is 25.8. The van der Waals surface area contributed by atoms with Crippen molar-refractivity contribution in [2.75, 3.05) is 0 Å². The lowest BCUT2D eigenvalue weighted by atomic mass is 9.55. The van der Waals surface area contributed by atoms with Crippen LogP contribution in [0.1, 0.15) is 65.2 Å². The molecule has 2 aliphatic heterocycles. The summed E-state index contributed by atoms with van der Waals surface area (Å²) in [5, 5.41) is 31.8. The average molecular weight is 513 g/mol. The number of hydrogen-bond donors (Lipinski definition) is 3. The van der Waals surface area contributed by atoms with Crippen molar-refractivity contribution < 1.29 is 39.2 Å². The summed E-state index contributed by atoms with van der Waals surface area (Å²) >= 11 is 0. The van der Waals surface area contributed by atoms with Crippen LogP contribution in [-0.2, 0) is 23.9 Å². The van der Waals surface area contributed by atoms with Gasteiger partial charge in [0.2, 0.25) is 0 Å². The van der Waals surface area contributed by atoms with Crippen LogP contribution in [0.25, 0.3) is 0 Å². The predicted octanol–water partition coefficient (Wildman–Crippen LogP) is 4.36. The van der Waals surface area contributed by atoms with Gasteiger partial charge in [-0.3, -0.25) is 4.79 Å². The number of allylic oxidation sites excluding steroid dienone is 2. The molecule has 1 saturated carbocycles. The molecular formula is C29H36O8. The third-order valence-corrected chi connectivity index (χ3v) is 9.51. The number of ether oxygens (including phenoxy) is 2. The Labute approximate surface area is 216 Å². The normalized spacial score (nSPS) is 42.8. The van der Waals surface area contributed by atoms with Gasteiger partial charge in [0, 0.05) is 23.8 Å². The van der Waals surface area contributed by atoms with Crippen LogP contribution in [-0.4, -0.2) is 44.9 Å². The Kier molecular flexibility index (Phi) is 6.59. The highest BCUT2D eigenvalue weighted by Crippen LogP contribution is 2.54. The van der Waals surface area contributed by atoms with E-state index in [4.69, 9.17) is 9.47 Å². The number of rotatable bonds is 1. The fourth-order valence-corrected chi connectivity index (χ4v) is 7.36. The molecule has 200 valence electrons. The number of hydrogen-bond acceptors (Lipinski definition) is 7. The van der Waals surface area contributed by atoms with Gasteiger partial charge in [-0.2, -0.15) is 0 Å². The summed E-state index contributed by atoms with van der Waals surface area (Å²) in [4.78, 5) is 38.9. The van der Waals surface area contributed by atoms with Crippen molar-refractivity contribution in [1.29, 1.82) is 0 Å². The predicted molar refractivity (Wildman–Crippen MR) is 133 cm³/mol. The molecule has 0 amide bonds. The zero-order chi connectivity index (χ0) is 26.5. The molecule has 3 aliphatic carbocycles. The van der Waals surface area contributed by atoms with E-state index in [0.717, 1.165) is 38.5 Å². The van der Waals surface area contributed by atoms with Crippen LogP contribution in [0.4, 0.5) is 0 Å². The minimum atomic E-state index is -1.53. The topological polar surface area (TPSA) is 130 Å². The Morgan fingerprint density at radius 2 is 1.86 bits per heavy atom. The van der Waals surface area contributed by atoms with Crippen molar-refractivity contribution in [3.8, 4) is 0 Å². The number of aliphatic carboxylic acids is 1. The summed E-state index contributed by atoms with van der Waals surface area (Å²) < 4.78 is 11.5. The second kappa shape index (κ2) is 9.46. The third-order valence-electron chi connectivity index (χ3n) is 9.51. The maximum Gasteiger partial charge on any atom is 0.379 e. The highest BCUT2D eigenvalue weighted by Gasteiger charge is 2.59. The van der Waals surface area contributed by atoms with Crippen molar-refractivity contribution >= 4 is 17.9 Å². The number of fused-ring (bicyclic) bond motifs is 3. The van der Waals surface area contributed by atoms with Gasteiger partial charge in [-0.1, -0.05) is 50.1 Å². The minimum absolute atomic E-state index is 0.0539. The van der Waals surface area contributed by atoms with Crippen molar-refractivity contribution in [3.63, 3.8) is 0 Å². The number of carbonyl (C=O) groups excluding carboxylic acids is 2. The van der Waals surface area contributed by atoms with E-state index in [1.807, 2.05) is 25.2 Å². The highest BCUT2D eigenvalue weighted by molar-refractivity contribution is 5.95. The fourth-order valence-electron chi connectivity index (χ4n) is 7.36. The van der Waals surface area contributed by atoms with Crippen LogP contribution in [0.3, 0.4) is 0 Å². The van der Waals surface area contributed by atoms with E-state index in [1.165, 1.54) is 6.08 Å². The Morgan fingerprint density at radius 3 is 2.62 bits per heavy atom. The molecule has 5 rings (SSSR count). The van der Waals surface area contributed by atoms with Crippen LogP contribution in [0.2, 0.25) is 0 Å². The molecule has 0 saturated heterocycles. The zero-order valence-corrected chi connectivity index (χ0v) is 21.4. The molecule has 8 atom stereocenters. The van der Waals surface area contributed by atoms with Crippen LogP contribution < -0.4 is 0 Å². The molecule has 3 N–H and O–H groups in total. The molecule has 8 nitrogen and oxygen atoms in total. The highest BCUT2D eigenvalue weighted by atomic mass is 16.6. The van der Waals surface area contributed by atoms with Crippen LogP contribution in [0.15, 0.2) is 47.5 Å². The molecule has 37 heavy (non-hydrogen) atoms. The fraction of sp³-hybridized carbons (Fsp3) is 0.621. The number of carbonyl (C=O) groups is 3. The summed E-state index contributed by atoms with van der Waals surface area (Å²) in [5.74, 6) is -5.21. The van der Waals surface area contributed by atoms with E-state index in [9.17, 15) is 29.7 Å². The Morgan fingerprint density at radius 1 is 1.08 bits per heavy atom. The first-order chi connectivity index (χ1) is 17.6. The van der Waals surface area contributed by atoms with Gasteiger partial charge in [0.25, 0.3) is 5.76 Å². The lowest BCUT2D eigenvalue weighted by Crippen LogP contribution is -2.51. The largest absolute Gasteiger partial charge is 0.505 e. The molecule has 0 aromatic heterocycles. The lowest BCUT2D eigenvalue weighted by molar-refractivity contribution is -0.168. The SMILES string of the molecule is C[C@@H]1C[C@@]23OC(=O)C(=C2O)OC(=O)[C@]2(C)[C@@H]4CCC[C@H](O)[C@H]4C=C[C@H]2CCCC/C=C/[C@@H]3C=C1C(=O)O. The van der Waals surface area contributed by atoms with Crippen LogP contribution in [0.5, 0.6) is 0 Å². The van der Waals surface area contributed by atoms with E-state index in [0.29, 0.717) is 6.42 Å². The molecule has 0 aromatic rings. The van der Waals surface area contributed by atoms with Gasteiger partial charge < -0.3 is 24.8 Å². The Bertz CT molecular complexity index is 1110. The summed E-state index contributed by atoms with van der Waals surface area (Å²) in [6, 6.07) is 0. The maximum absolute atomic E-state index is 13.9. The molecule has 8 heteroatoms. The number of aliphatic hydroxyl groups excluding tert-OH is 2. The first-order valence-electron chi connectivity index (χ1n) is 13.5. The number of esters is 2. The van der Waals surface area contributed by atoms with E-state index < -0.39 is 58.4 Å². The lowest BCUT2D eigenvalue weighted by Gasteiger charge is -2.49. The number of aliphatic hydroxyl groups is 2. The minimum Gasteiger partial charge on any atom is -0.505 e. The summed E-state index contributed by atoms with van der Waals surface area (Å²) in [7, 11) is 0. The van der Waals surface area contributed by atoms with Crippen molar-refractivity contribution in [2.24, 2.45) is 35.0 Å². The van der Waals surface area contributed by atoms with Crippen molar-refractivity contribution in [2.45, 2.75) is 76.9 Å². The molecule has 0 aromatic carbocycles. The average Bonchev–Trinajstić information content (AvgIpc) is 3.07. The van der Waals surface area contributed by atoms with E-state index in [-0.39, 0.29) is 29.7 Å². The van der Waals surface area contributed by atoms with E-state index >= 15 is 0 Å². The van der Waals surface area contributed by atoms with Gasteiger partial charge in [-0.25, -0.2) is 9.59 Å². The molecular weight excluding hydrogens is 476 g/mol. The maximum atomic E-state index is 13.9. The van der Waals surface area contributed by atoms with E-state index in [2.05, 4.69) is 0 Å². The first-order valence-corrected chi connectivity index (χ1v) is 13.5. The third kappa shape index (κ3) is 4.04. The summed E-state index contributed by atoms with van der Waals surface area (Å²) in [5.41, 5.74) is -2.32.